The van der Waals surface area contributed by atoms with E-state index in [9.17, 15) is 14.7 Å². The van der Waals surface area contributed by atoms with Crippen LogP contribution in [0.1, 0.15) is 54.6 Å². The molecule has 2 aromatic carbocycles. The average molecular weight is 399 g/mol. The fraction of sp³-hybridized carbons (Fsp3) is 0.391. The summed E-state index contributed by atoms with van der Waals surface area (Å²) in [5.74, 6) is 0.706. The minimum Gasteiger partial charge on any atom is -0.508 e. The molecule has 0 aliphatic rings. The smallest absolute Gasteiger partial charge is 0.260 e. The summed E-state index contributed by atoms with van der Waals surface area (Å²) in [6.45, 7) is 8.89. The van der Waals surface area contributed by atoms with Crippen LogP contribution in [0.2, 0.25) is 0 Å². The molecular weight excluding hydrogens is 368 g/mol. The zero-order valence-corrected chi connectivity index (χ0v) is 17.5. The number of rotatable bonds is 9. The molecule has 1 unspecified atom stereocenters. The highest BCUT2D eigenvalue weighted by atomic mass is 16.5. The molecule has 0 aromatic heterocycles. The molecule has 0 fully saturated rings. The Balaban J connectivity index is 1.71. The zero-order valence-electron chi connectivity index (χ0n) is 17.5. The van der Waals surface area contributed by atoms with Crippen LogP contribution in [0.15, 0.2) is 42.5 Å². The van der Waals surface area contributed by atoms with E-state index in [4.69, 9.17) is 4.74 Å². The second kappa shape index (κ2) is 10.5. The Kier molecular flexibility index (Phi) is 8.07. The summed E-state index contributed by atoms with van der Waals surface area (Å²) in [5, 5.41) is 15.0. The number of amides is 2. The Labute approximate surface area is 172 Å². The molecule has 0 spiro atoms. The Bertz CT molecular complexity index is 849. The number of ether oxygens (including phenoxy) is 1. The molecule has 3 N–H and O–H groups in total. The van der Waals surface area contributed by atoms with Gasteiger partial charge in [0, 0.05) is 18.7 Å². The van der Waals surface area contributed by atoms with Crippen LogP contribution >= 0.6 is 0 Å². The van der Waals surface area contributed by atoms with E-state index in [1.165, 1.54) is 17.7 Å². The molecule has 6 heteroatoms. The minimum absolute atomic E-state index is 0.0490. The van der Waals surface area contributed by atoms with Crippen molar-refractivity contribution in [2.75, 3.05) is 13.1 Å². The maximum absolute atomic E-state index is 12.2. The first kappa shape index (κ1) is 22.3. The van der Waals surface area contributed by atoms with Gasteiger partial charge in [0.05, 0.1) is 0 Å². The molecular formula is C23H30N2O4. The number of aromatic hydroxyl groups is 1. The van der Waals surface area contributed by atoms with E-state index in [0.29, 0.717) is 36.7 Å². The largest absolute Gasteiger partial charge is 0.508 e. The van der Waals surface area contributed by atoms with Crippen molar-refractivity contribution in [1.82, 2.24) is 10.6 Å². The van der Waals surface area contributed by atoms with E-state index in [2.05, 4.69) is 24.5 Å². The van der Waals surface area contributed by atoms with Crippen molar-refractivity contribution in [2.24, 2.45) is 0 Å². The fourth-order valence-corrected chi connectivity index (χ4v) is 3.02. The van der Waals surface area contributed by atoms with Gasteiger partial charge in [-0.2, -0.15) is 0 Å². The van der Waals surface area contributed by atoms with Crippen molar-refractivity contribution in [3.05, 3.63) is 59.2 Å². The summed E-state index contributed by atoms with van der Waals surface area (Å²) in [7, 11) is 0. The van der Waals surface area contributed by atoms with Crippen LogP contribution in [0.25, 0.3) is 0 Å². The summed E-state index contributed by atoms with van der Waals surface area (Å²) in [6.07, 6.45) is -0.0215. The van der Waals surface area contributed by atoms with Crippen molar-refractivity contribution in [1.29, 1.82) is 0 Å². The van der Waals surface area contributed by atoms with Crippen molar-refractivity contribution < 1.29 is 19.4 Å². The van der Waals surface area contributed by atoms with Gasteiger partial charge in [0.25, 0.3) is 11.8 Å². The number of carbonyl (C=O) groups is 2. The number of hydrogen-bond donors (Lipinski definition) is 3. The molecule has 0 heterocycles. The van der Waals surface area contributed by atoms with Crippen LogP contribution in [0.5, 0.6) is 11.5 Å². The van der Waals surface area contributed by atoms with E-state index < -0.39 is 6.10 Å². The minimum atomic E-state index is -0.610. The summed E-state index contributed by atoms with van der Waals surface area (Å²) in [5.41, 5.74) is 2.81. The Morgan fingerprint density at radius 3 is 2.41 bits per heavy atom. The van der Waals surface area contributed by atoms with Gasteiger partial charge in [0.1, 0.15) is 11.5 Å². The van der Waals surface area contributed by atoms with Crippen LogP contribution in [0, 0.1) is 6.92 Å². The molecule has 0 bridgehead atoms. The molecule has 0 radical (unpaired) electrons. The summed E-state index contributed by atoms with van der Waals surface area (Å²) >= 11 is 0. The highest BCUT2D eigenvalue weighted by Crippen LogP contribution is 2.24. The van der Waals surface area contributed by atoms with E-state index in [-0.39, 0.29) is 17.6 Å². The lowest BCUT2D eigenvalue weighted by atomic mass is 9.98. The summed E-state index contributed by atoms with van der Waals surface area (Å²) in [4.78, 5) is 24.2. The van der Waals surface area contributed by atoms with Gasteiger partial charge in [-0.05, 0) is 67.6 Å². The van der Waals surface area contributed by atoms with Crippen molar-refractivity contribution >= 4 is 11.8 Å². The van der Waals surface area contributed by atoms with Crippen LogP contribution in [0.4, 0.5) is 0 Å². The number of nitrogens with one attached hydrogen (secondary N) is 2. The molecule has 0 aliphatic heterocycles. The summed E-state index contributed by atoms with van der Waals surface area (Å²) in [6, 6.07) is 12.0. The van der Waals surface area contributed by atoms with E-state index >= 15 is 0 Å². The van der Waals surface area contributed by atoms with Crippen molar-refractivity contribution in [3.63, 3.8) is 0 Å². The van der Waals surface area contributed by atoms with Crippen molar-refractivity contribution in [3.8, 4) is 11.5 Å². The van der Waals surface area contributed by atoms with Gasteiger partial charge in [0.2, 0.25) is 0 Å². The van der Waals surface area contributed by atoms with Crippen LogP contribution in [-0.2, 0) is 4.79 Å². The normalized spacial score (nSPS) is 11.8. The fourth-order valence-electron chi connectivity index (χ4n) is 3.02. The van der Waals surface area contributed by atoms with Gasteiger partial charge in [0.15, 0.2) is 6.10 Å². The standard InChI is InChI=1S/C23H30N2O4/c1-15(2)21-10-9-20(13-16(21)3)29-17(4)22(27)24-11-6-12-25-23(28)18-7-5-8-19(26)14-18/h5,7-10,13-15,17,26H,6,11-12H2,1-4H3,(H,24,27)(H,25,28). The highest BCUT2D eigenvalue weighted by molar-refractivity contribution is 5.94. The maximum atomic E-state index is 12.2. The van der Waals surface area contributed by atoms with Crippen LogP contribution in [-0.4, -0.2) is 36.1 Å². The lowest BCUT2D eigenvalue weighted by molar-refractivity contribution is -0.127. The maximum Gasteiger partial charge on any atom is 0.260 e. The molecule has 6 nitrogen and oxygen atoms in total. The SMILES string of the molecule is Cc1cc(OC(C)C(=O)NCCCNC(=O)c2cccc(O)c2)ccc1C(C)C. The second-order valence-corrected chi connectivity index (χ2v) is 7.38. The average Bonchev–Trinajstić information content (AvgIpc) is 2.67. The van der Waals surface area contributed by atoms with Gasteiger partial charge in [-0.1, -0.05) is 26.0 Å². The summed E-state index contributed by atoms with van der Waals surface area (Å²) < 4.78 is 5.75. The second-order valence-electron chi connectivity index (χ2n) is 7.38. The van der Waals surface area contributed by atoms with E-state index in [1.807, 2.05) is 25.1 Å². The topological polar surface area (TPSA) is 87.7 Å². The number of phenolic OH excluding ortho intramolecular Hbond substituents is 1. The first-order valence-electron chi connectivity index (χ1n) is 9.90. The molecule has 2 rings (SSSR count). The van der Waals surface area contributed by atoms with Gasteiger partial charge in [-0.15, -0.1) is 0 Å². The third-order valence-corrected chi connectivity index (χ3v) is 4.59. The number of phenols is 1. The molecule has 0 saturated carbocycles. The predicted octanol–water partition coefficient (Wildman–Crippen LogP) is 3.53. The molecule has 29 heavy (non-hydrogen) atoms. The third-order valence-electron chi connectivity index (χ3n) is 4.59. The van der Waals surface area contributed by atoms with Gasteiger partial charge >= 0.3 is 0 Å². The number of benzene rings is 2. The zero-order chi connectivity index (χ0) is 21.4. The third kappa shape index (κ3) is 6.82. The first-order chi connectivity index (χ1) is 13.8. The van der Waals surface area contributed by atoms with E-state index in [0.717, 1.165) is 5.56 Å². The Morgan fingerprint density at radius 1 is 1.03 bits per heavy atom. The molecule has 2 aromatic rings. The first-order valence-corrected chi connectivity index (χ1v) is 9.90. The number of carbonyl (C=O) groups excluding carboxylic acids is 2. The lowest BCUT2D eigenvalue weighted by Crippen LogP contribution is -2.38. The van der Waals surface area contributed by atoms with Gasteiger partial charge in [-0.3, -0.25) is 9.59 Å². The molecule has 0 aliphatic carbocycles. The highest BCUT2D eigenvalue weighted by Gasteiger charge is 2.15. The predicted molar refractivity (Wildman–Crippen MR) is 113 cm³/mol. The quantitative estimate of drug-likeness (QED) is 0.564. The van der Waals surface area contributed by atoms with Gasteiger partial charge in [-0.25, -0.2) is 0 Å². The molecule has 1 atom stereocenters. The monoisotopic (exact) mass is 398 g/mol. The number of aryl methyl sites for hydroxylation is 1. The van der Waals surface area contributed by atoms with Crippen LogP contribution < -0.4 is 15.4 Å². The lowest BCUT2D eigenvalue weighted by Gasteiger charge is -2.17. The molecule has 2 amide bonds. The molecule has 0 saturated heterocycles. The Morgan fingerprint density at radius 2 is 1.76 bits per heavy atom. The van der Waals surface area contributed by atoms with Gasteiger partial charge < -0.3 is 20.5 Å². The number of hydrogen-bond acceptors (Lipinski definition) is 4. The van der Waals surface area contributed by atoms with E-state index in [1.54, 1.807) is 19.1 Å². The van der Waals surface area contributed by atoms with Crippen molar-refractivity contribution in [2.45, 2.75) is 46.1 Å². The van der Waals surface area contributed by atoms with Crippen LogP contribution in [0.3, 0.4) is 0 Å². The Hall–Kier alpha value is -3.02. The molecule has 156 valence electrons.